The first-order chi connectivity index (χ1) is 10.2. The number of anilines is 1. The van der Waals surface area contributed by atoms with Gasteiger partial charge in [0.15, 0.2) is 0 Å². The average Bonchev–Trinajstić information content (AvgIpc) is 2.46. The second-order valence-corrected chi connectivity index (χ2v) is 5.68. The maximum absolute atomic E-state index is 12.2. The Kier molecular flexibility index (Phi) is 5.62. The molecule has 4 nitrogen and oxygen atoms in total. The number of unbranched alkanes of at least 4 members (excludes halogenated alkanes) is 2. The molecule has 0 spiro atoms. The summed E-state index contributed by atoms with van der Waals surface area (Å²) in [5.41, 5.74) is 0.545. The van der Waals surface area contributed by atoms with Gasteiger partial charge in [0.1, 0.15) is 0 Å². The zero-order chi connectivity index (χ0) is 15.2. The van der Waals surface area contributed by atoms with Crippen molar-refractivity contribution in [2.45, 2.75) is 39.5 Å². The quantitative estimate of drug-likeness (QED) is 0.841. The van der Waals surface area contributed by atoms with Crippen LogP contribution in [0.15, 0.2) is 23.0 Å². The first-order valence-corrected chi connectivity index (χ1v) is 7.98. The van der Waals surface area contributed by atoms with E-state index in [-0.39, 0.29) is 5.56 Å². The van der Waals surface area contributed by atoms with E-state index in [1.807, 2.05) is 0 Å². The molecule has 1 N–H and O–H groups in total. The highest BCUT2D eigenvalue weighted by atomic mass is 35.5. The van der Waals surface area contributed by atoms with Crippen LogP contribution in [0.3, 0.4) is 0 Å². The van der Waals surface area contributed by atoms with Gasteiger partial charge in [0.25, 0.3) is 5.56 Å². The van der Waals surface area contributed by atoms with Crippen LogP contribution in [0.4, 0.5) is 5.95 Å². The van der Waals surface area contributed by atoms with Crippen molar-refractivity contribution in [3.8, 4) is 0 Å². The fourth-order valence-electron chi connectivity index (χ4n) is 2.27. The third-order valence-electron chi connectivity index (χ3n) is 3.52. The lowest BCUT2D eigenvalue weighted by Crippen LogP contribution is -2.29. The van der Waals surface area contributed by atoms with Gasteiger partial charge in [-0.2, -0.15) is 0 Å². The Bertz CT molecular complexity index is 646. The fourth-order valence-corrected chi connectivity index (χ4v) is 2.44. The minimum atomic E-state index is -0.107. The maximum Gasteiger partial charge on any atom is 0.260 e. The molecular weight excluding hydrogens is 286 g/mol. The SMILES string of the molecule is CCCCN(CCCC)c1nc2cc(Cl)ccc2c(=O)[nH]1. The summed E-state index contributed by atoms with van der Waals surface area (Å²) >= 11 is 6.00. The minimum Gasteiger partial charge on any atom is -0.342 e. The van der Waals surface area contributed by atoms with Gasteiger partial charge in [-0.05, 0) is 31.0 Å². The van der Waals surface area contributed by atoms with E-state index in [9.17, 15) is 4.79 Å². The molecule has 0 saturated heterocycles. The van der Waals surface area contributed by atoms with Crippen LogP contribution >= 0.6 is 11.6 Å². The summed E-state index contributed by atoms with van der Waals surface area (Å²) in [5.74, 6) is 0.650. The Morgan fingerprint density at radius 2 is 1.86 bits per heavy atom. The summed E-state index contributed by atoms with van der Waals surface area (Å²) in [7, 11) is 0. The summed E-state index contributed by atoms with van der Waals surface area (Å²) < 4.78 is 0. The predicted octanol–water partition coefficient (Wildman–Crippen LogP) is 3.98. The van der Waals surface area contributed by atoms with Gasteiger partial charge in [-0.3, -0.25) is 9.78 Å². The number of fused-ring (bicyclic) bond motifs is 1. The number of aromatic nitrogens is 2. The molecule has 5 heteroatoms. The molecule has 1 aromatic carbocycles. The van der Waals surface area contributed by atoms with E-state index >= 15 is 0 Å². The zero-order valence-electron chi connectivity index (χ0n) is 12.7. The van der Waals surface area contributed by atoms with Crippen molar-refractivity contribution in [1.82, 2.24) is 9.97 Å². The monoisotopic (exact) mass is 307 g/mol. The number of nitrogens with one attached hydrogen (secondary N) is 1. The van der Waals surface area contributed by atoms with Crippen LogP contribution in [0, 0.1) is 0 Å². The predicted molar refractivity (Wildman–Crippen MR) is 89.4 cm³/mol. The molecule has 0 aliphatic rings. The van der Waals surface area contributed by atoms with Gasteiger partial charge in [0.05, 0.1) is 10.9 Å². The zero-order valence-corrected chi connectivity index (χ0v) is 13.4. The Hall–Kier alpha value is -1.55. The molecule has 0 radical (unpaired) electrons. The van der Waals surface area contributed by atoms with Crippen molar-refractivity contribution in [2.24, 2.45) is 0 Å². The number of hydrogen-bond donors (Lipinski definition) is 1. The molecule has 0 fully saturated rings. The molecular formula is C16H22ClN3O. The van der Waals surface area contributed by atoms with E-state index in [2.05, 4.69) is 28.7 Å². The average molecular weight is 308 g/mol. The third-order valence-corrected chi connectivity index (χ3v) is 3.75. The number of rotatable bonds is 7. The molecule has 0 saturated carbocycles. The molecule has 0 atom stereocenters. The largest absolute Gasteiger partial charge is 0.342 e. The molecule has 0 aliphatic heterocycles. The lowest BCUT2D eigenvalue weighted by molar-refractivity contribution is 0.663. The van der Waals surface area contributed by atoms with Crippen molar-refractivity contribution in [1.29, 1.82) is 0 Å². The fraction of sp³-hybridized carbons (Fsp3) is 0.500. The van der Waals surface area contributed by atoms with Crippen molar-refractivity contribution >= 4 is 28.5 Å². The van der Waals surface area contributed by atoms with E-state index < -0.39 is 0 Å². The highest BCUT2D eigenvalue weighted by Crippen LogP contribution is 2.17. The lowest BCUT2D eigenvalue weighted by atomic mass is 10.2. The Morgan fingerprint density at radius 3 is 2.48 bits per heavy atom. The molecule has 0 bridgehead atoms. The number of benzene rings is 1. The van der Waals surface area contributed by atoms with Gasteiger partial charge in [0.2, 0.25) is 5.95 Å². The summed E-state index contributed by atoms with van der Waals surface area (Å²) in [4.78, 5) is 21.9. The van der Waals surface area contributed by atoms with E-state index in [1.54, 1.807) is 18.2 Å². The highest BCUT2D eigenvalue weighted by Gasteiger charge is 2.11. The van der Waals surface area contributed by atoms with Gasteiger partial charge >= 0.3 is 0 Å². The second-order valence-electron chi connectivity index (χ2n) is 5.25. The molecule has 21 heavy (non-hydrogen) atoms. The van der Waals surface area contributed by atoms with Crippen molar-refractivity contribution in [2.75, 3.05) is 18.0 Å². The lowest BCUT2D eigenvalue weighted by Gasteiger charge is -2.23. The Balaban J connectivity index is 2.39. The summed E-state index contributed by atoms with van der Waals surface area (Å²) in [6.45, 7) is 6.14. The highest BCUT2D eigenvalue weighted by molar-refractivity contribution is 6.31. The number of halogens is 1. The first kappa shape index (κ1) is 15.8. The van der Waals surface area contributed by atoms with Gasteiger partial charge in [0, 0.05) is 18.1 Å². The molecule has 0 amide bonds. The van der Waals surface area contributed by atoms with Crippen molar-refractivity contribution in [3.05, 3.63) is 33.6 Å². The van der Waals surface area contributed by atoms with Gasteiger partial charge in [-0.1, -0.05) is 38.3 Å². The van der Waals surface area contributed by atoms with Crippen LogP contribution in [-0.2, 0) is 0 Å². The van der Waals surface area contributed by atoms with Crippen LogP contribution in [0.1, 0.15) is 39.5 Å². The van der Waals surface area contributed by atoms with E-state index in [1.165, 1.54) is 0 Å². The van der Waals surface area contributed by atoms with Crippen LogP contribution in [-0.4, -0.2) is 23.1 Å². The molecule has 1 heterocycles. The summed E-state index contributed by atoms with van der Waals surface area (Å²) in [6.07, 6.45) is 4.40. The normalized spacial score (nSPS) is 11.0. The van der Waals surface area contributed by atoms with E-state index in [4.69, 9.17) is 11.6 Å². The topological polar surface area (TPSA) is 49.0 Å². The number of aromatic amines is 1. The number of hydrogen-bond acceptors (Lipinski definition) is 3. The Labute approximate surface area is 130 Å². The third kappa shape index (κ3) is 3.97. The van der Waals surface area contributed by atoms with Crippen LogP contribution in [0.5, 0.6) is 0 Å². The standard InChI is InChI=1S/C16H22ClN3O/c1-3-5-9-20(10-6-4-2)16-18-14-11-12(17)7-8-13(14)15(21)19-16/h7-8,11H,3-6,9-10H2,1-2H3,(H,18,19,21). The van der Waals surface area contributed by atoms with Crippen molar-refractivity contribution in [3.63, 3.8) is 0 Å². The van der Waals surface area contributed by atoms with Gasteiger partial charge in [-0.15, -0.1) is 0 Å². The molecule has 0 aliphatic carbocycles. The second kappa shape index (κ2) is 7.46. The first-order valence-electron chi connectivity index (χ1n) is 7.60. The number of H-pyrrole nitrogens is 1. The maximum atomic E-state index is 12.2. The molecule has 0 unspecified atom stereocenters. The van der Waals surface area contributed by atoms with Gasteiger partial charge in [-0.25, -0.2) is 4.98 Å². The molecule has 2 aromatic rings. The van der Waals surface area contributed by atoms with Crippen LogP contribution < -0.4 is 10.5 Å². The summed E-state index contributed by atoms with van der Waals surface area (Å²) in [6, 6.07) is 5.18. The number of nitrogens with zero attached hydrogens (tertiary/aromatic N) is 2. The molecule has 2 rings (SSSR count). The van der Waals surface area contributed by atoms with Crippen LogP contribution in [0.2, 0.25) is 5.02 Å². The van der Waals surface area contributed by atoms with Gasteiger partial charge < -0.3 is 4.90 Å². The van der Waals surface area contributed by atoms with E-state index in [0.29, 0.717) is 21.9 Å². The summed E-state index contributed by atoms with van der Waals surface area (Å²) in [5, 5.41) is 1.18. The van der Waals surface area contributed by atoms with Crippen molar-refractivity contribution < 1.29 is 0 Å². The minimum absolute atomic E-state index is 0.107. The van der Waals surface area contributed by atoms with E-state index in [0.717, 1.165) is 38.8 Å². The Morgan fingerprint density at radius 1 is 1.19 bits per heavy atom. The molecule has 114 valence electrons. The molecule has 1 aromatic heterocycles. The van der Waals surface area contributed by atoms with Crippen LogP contribution in [0.25, 0.3) is 10.9 Å². The smallest absolute Gasteiger partial charge is 0.260 e.